The van der Waals surface area contributed by atoms with Crippen LogP contribution in [0.3, 0.4) is 0 Å². The summed E-state index contributed by atoms with van der Waals surface area (Å²) >= 11 is 1.51. The van der Waals surface area contributed by atoms with Crippen molar-refractivity contribution in [1.82, 2.24) is 14.6 Å². The largest absolute Gasteiger partial charge is 0.297 e. The summed E-state index contributed by atoms with van der Waals surface area (Å²) in [5.74, 6) is 0. The van der Waals surface area contributed by atoms with Gasteiger partial charge in [-0.25, -0.2) is 18.1 Å². The van der Waals surface area contributed by atoms with Crippen LogP contribution in [0.2, 0.25) is 0 Å². The molecule has 2 aromatic rings. The number of nitrogens with one attached hydrogen (secondary N) is 1. The number of hydrogen-bond acceptors (Lipinski definition) is 5. The first-order valence-corrected chi connectivity index (χ1v) is 11.0. The standard InChI is InChI=1S/C18H25N3O2S2/c1-14-6-7-17(10-15(14)2)25(22,23)19-11-18-20-16(13-24-18)12-21-8-4-3-5-9-21/h6-7,10,13,19H,3-5,8-9,11-12H2,1-2H3. The summed E-state index contributed by atoms with van der Waals surface area (Å²) in [7, 11) is -3.51. The van der Waals surface area contributed by atoms with Gasteiger partial charge in [0.2, 0.25) is 10.0 Å². The minimum Gasteiger partial charge on any atom is -0.297 e. The molecule has 1 N–H and O–H groups in total. The third-order valence-corrected chi connectivity index (χ3v) is 6.93. The first kappa shape index (κ1) is 18.5. The van der Waals surface area contributed by atoms with Crippen LogP contribution in [-0.2, 0) is 23.1 Å². The predicted molar refractivity (Wildman–Crippen MR) is 101 cm³/mol. The fourth-order valence-corrected chi connectivity index (χ4v) is 4.86. The number of thiazole rings is 1. The second-order valence-electron chi connectivity index (χ2n) is 6.64. The smallest absolute Gasteiger partial charge is 0.240 e. The molecule has 1 aromatic carbocycles. The van der Waals surface area contributed by atoms with Gasteiger partial charge in [-0.15, -0.1) is 11.3 Å². The average molecular weight is 380 g/mol. The van der Waals surface area contributed by atoms with Crippen LogP contribution in [0.15, 0.2) is 28.5 Å². The average Bonchev–Trinajstić information content (AvgIpc) is 3.04. The summed E-state index contributed by atoms with van der Waals surface area (Å²) in [6.45, 7) is 7.25. The highest BCUT2D eigenvalue weighted by Crippen LogP contribution is 2.18. The molecule has 0 spiro atoms. The Morgan fingerprint density at radius 2 is 1.92 bits per heavy atom. The maximum atomic E-state index is 12.5. The summed E-state index contributed by atoms with van der Waals surface area (Å²) in [6.07, 6.45) is 3.83. The Balaban J connectivity index is 1.60. The Hall–Kier alpha value is -1.28. The van der Waals surface area contributed by atoms with Crippen LogP contribution in [0.1, 0.15) is 41.1 Å². The Bertz CT molecular complexity index is 825. The van der Waals surface area contributed by atoms with E-state index in [4.69, 9.17) is 0 Å². The second-order valence-corrected chi connectivity index (χ2v) is 9.35. The molecule has 2 heterocycles. The molecule has 0 atom stereocenters. The summed E-state index contributed by atoms with van der Waals surface area (Å²) in [4.78, 5) is 7.31. The number of piperidine rings is 1. The lowest BCUT2D eigenvalue weighted by Gasteiger charge is -2.25. The molecule has 1 aliphatic heterocycles. The van der Waals surface area contributed by atoms with Gasteiger partial charge in [0.05, 0.1) is 17.1 Å². The van der Waals surface area contributed by atoms with Gasteiger partial charge < -0.3 is 0 Å². The third-order valence-electron chi connectivity index (χ3n) is 4.64. The van der Waals surface area contributed by atoms with Crippen LogP contribution < -0.4 is 4.72 Å². The van der Waals surface area contributed by atoms with Gasteiger partial charge in [0, 0.05) is 11.9 Å². The molecule has 3 rings (SSSR count). The fourth-order valence-electron chi connectivity index (χ4n) is 2.97. The molecule has 1 saturated heterocycles. The number of benzene rings is 1. The number of sulfonamides is 1. The lowest BCUT2D eigenvalue weighted by Crippen LogP contribution is -2.29. The summed E-state index contributed by atoms with van der Waals surface area (Å²) in [6, 6.07) is 5.19. The van der Waals surface area contributed by atoms with E-state index >= 15 is 0 Å². The van der Waals surface area contributed by atoms with Gasteiger partial charge in [0.1, 0.15) is 5.01 Å². The van der Waals surface area contributed by atoms with Gasteiger partial charge in [-0.1, -0.05) is 12.5 Å². The van der Waals surface area contributed by atoms with Crippen LogP contribution in [0.4, 0.5) is 0 Å². The molecular formula is C18H25N3O2S2. The van der Waals surface area contributed by atoms with Crippen molar-refractivity contribution < 1.29 is 8.42 Å². The zero-order valence-electron chi connectivity index (χ0n) is 14.8. The highest BCUT2D eigenvalue weighted by atomic mass is 32.2. The molecule has 0 aliphatic carbocycles. The molecule has 1 fully saturated rings. The maximum absolute atomic E-state index is 12.5. The normalized spacial score (nSPS) is 16.2. The highest BCUT2D eigenvalue weighted by molar-refractivity contribution is 7.89. The van der Waals surface area contributed by atoms with E-state index in [1.165, 1.54) is 30.6 Å². The van der Waals surface area contributed by atoms with Crippen LogP contribution >= 0.6 is 11.3 Å². The van der Waals surface area contributed by atoms with Crippen molar-refractivity contribution in [3.05, 3.63) is 45.4 Å². The van der Waals surface area contributed by atoms with Crippen molar-refractivity contribution in [2.24, 2.45) is 0 Å². The number of nitrogens with zero attached hydrogens (tertiary/aromatic N) is 2. The van der Waals surface area contributed by atoms with Crippen molar-refractivity contribution in [3.63, 3.8) is 0 Å². The zero-order valence-corrected chi connectivity index (χ0v) is 16.4. The lowest BCUT2D eigenvalue weighted by molar-refractivity contribution is 0.219. The molecule has 1 aliphatic rings. The van der Waals surface area contributed by atoms with Gasteiger partial charge >= 0.3 is 0 Å². The Kier molecular flexibility index (Phi) is 5.89. The van der Waals surface area contributed by atoms with Crippen LogP contribution in [0.25, 0.3) is 0 Å². The molecule has 0 unspecified atom stereocenters. The van der Waals surface area contributed by atoms with Crippen molar-refractivity contribution in [2.45, 2.75) is 51.1 Å². The molecule has 0 bridgehead atoms. The Morgan fingerprint density at radius 1 is 1.16 bits per heavy atom. The van der Waals surface area contributed by atoms with E-state index in [0.29, 0.717) is 4.90 Å². The molecule has 1 aromatic heterocycles. The van der Waals surface area contributed by atoms with Crippen molar-refractivity contribution in [1.29, 1.82) is 0 Å². The molecule has 25 heavy (non-hydrogen) atoms. The Labute approximate surface area is 154 Å². The van der Waals surface area contributed by atoms with Gasteiger partial charge in [0.25, 0.3) is 0 Å². The van der Waals surface area contributed by atoms with Gasteiger partial charge in [0.15, 0.2) is 0 Å². The van der Waals surface area contributed by atoms with E-state index < -0.39 is 10.0 Å². The molecular weight excluding hydrogens is 354 g/mol. The van der Waals surface area contributed by atoms with Gasteiger partial charge in [-0.2, -0.15) is 0 Å². The number of aromatic nitrogens is 1. The quantitative estimate of drug-likeness (QED) is 0.837. The minimum atomic E-state index is -3.51. The van der Waals surface area contributed by atoms with E-state index in [-0.39, 0.29) is 6.54 Å². The van der Waals surface area contributed by atoms with E-state index in [1.54, 1.807) is 12.1 Å². The number of hydrogen-bond donors (Lipinski definition) is 1. The van der Waals surface area contributed by atoms with Crippen molar-refractivity contribution >= 4 is 21.4 Å². The number of likely N-dealkylation sites (tertiary alicyclic amines) is 1. The number of rotatable bonds is 6. The summed E-state index contributed by atoms with van der Waals surface area (Å²) in [5.41, 5.74) is 3.09. The van der Waals surface area contributed by atoms with Crippen molar-refractivity contribution in [2.75, 3.05) is 13.1 Å². The van der Waals surface area contributed by atoms with E-state index in [1.807, 2.05) is 25.3 Å². The van der Waals surface area contributed by atoms with Gasteiger partial charge in [-0.3, -0.25) is 4.90 Å². The molecule has 0 amide bonds. The molecule has 5 nitrogen and oxygen atoms in total. The van der Waals surface area contributed by atoms with E-state index in [2.05, 4.69) is 14.6 Å². The Morgan fingerprint density at radius 3 is 2.64 bits per heavy atom. The predicted octanol–water partition coefficient (Wildman–Crippen LogP) is 3.22. The SMILES string of the molecule is Cc1ccc(S(=O)(=O)NCc2nc(CN3CCCCC3)cs2)cc1C. The molecule has 7 heteroatoms. The second kappa shape index (κ2) is 7.95. The first-order valence-electron chi connectivity index (χ1n) is 8.66. The van der Waals surface area contributed by atoms with Crippen LogP contribution in [0, 0.1) is 13.8 Å². The maximum Gasteiger partial charge on any atom is 0.240 e. The van der Waals surface area contributed by atoms with Crippen LogP contribution in [-0.4, -0.2) is 31.4 Å². The topological polar surface area (TPSA) is 62.3 Å². The van der Waals surface area contributed by atoms with E-state index in [9.17, 15) is 8.42 Å². The number of aryl methyl sites for hydroxylation is 2. The lowest BCUT2D eigenvalue weighted by atomic mass is 10.1. The summed E-state index contributed by atoms with van der Waals surface area (Å²) < 4.78 is 27.6. The fraction of sp³-hybridized carbons (Fsp3) is 0.500. The summed E-state index contributed by atoms with van der Waals surface area (Å²) in [5, 5.41) is 2.84. The molecule has 0 radical (unpaired) electrons. The monoisotopic (exact) mass is 379 g/mol. The highest BCUT2D eigenvalue weighted by Gasteiger charge is 2.16. The third kappa shape index (κ3) is 4.88. The molecule has 136 valence electrons. The van der Waals surface area contributed by atoms with Gasteiger partial charge in [-0.05, 0) is 63.0 Å². The van der Waals surface area contributed by atoms with Crippen molar-refractivity contribution in [3.8, 4) is 0 Å². The zero-order chi connectivity index (χ0) is 17.9. The minimum absolute atomic E-state index is 0.236. The molecule has 0 saturated carbocycles. The van der Waals surface area contributed by atoms with E-state index in [0.717, 1.165) is 41.5 Å². The first-order chi connectivity index (χ1) is 11.9. The van der Waals surface area contributed by atoms with Crippen LogP contribution in [0.5, 0.6) is 0 Å².